The molecule has 0 aromatic heterocycles. The summed E-state index contributed by atoms with van der Waals surface area (Å²) in [5, 5.41) is 14.4. The number of ether oxygens (including phenoxy) is 1. The Kier molecular flexibility index (Phi) is 6.07. The highest BCUT2D eigenvalue weighted by Gasteiger charge is 2.25. The molecule has 2 N–H and O–H groups in total. The molecule has 0 heterocycles. The Morgan fingerprint density at radius 2 is 1.74 bits per heavy atom. The molecule has 0 aliphatic heterocycles. The predicted octanol–water partition coefficient (Wildman–Crippen LogP) is 3.81. The molecular formula is C18H23N3O5S. The highest BCUT2D eigenvalue weighted by Crippen LogP contribution is 2.31. The number of hydrogen-bond acceptors (Lipinski definition) is 6. The minimum atomic E-state index is -3.87. The Balaban J connectivity index is 2.34. The van der Waals surface area contributed by atoms with Gasteiger partial charge in [0.15, 0.2) is 0 Å². The Labute approximate surface area is 158 Å². The summed E-state index contributed by atoms with van der Waals surface area (Å²) in [5.74, 6) is 0.687. The second kappa shape index (κ2) is 7.93. The van der Waals surface area contributed by atoms with Gasteiger partial charge >= 0.3 is 0 Å². The number of nitro groups is 1. The van der Waals surface area contributed by atoms with Gasteiger partial charge in [-0.25, -0.2) is 13.1 Å². The van der Waals surface area contributed by atoms with Crippen molar-refractivity contribution < 1.29 is 18.1 Å². The van der Waals surface area contributed by atoms with E-state index in [1.807, 2.05) is 6.92 Å². The fourth-order valence-corrected chi connectivity index (χ4v) is 3.79. The molecule has 0 aliphatic rings. The van der Waals surface area contributed by atoms with E-state index in [0.717, 1.165) is 6.07 Å². The van der Waals surface area contributed by atoms with E-state index in [1.165, 1.54) is 12.1 Å². The number of nitro benzene ring substituents is 1. The molecule has 8 nitrogen and oxygen atoms in total. The molecule has 27 heavy (non-hydrogen) atoms. The standard InChI is InChI=1S/C18H23N3O5S/c1-5-26-14-8-6-13(7-9-14)19-16-11-10-15(12-17(16)21(22)23)27(24,25)20-18(2,3)4/h6-12,19-20H,5H2,1-4H3. The first-order chi connectivity index (χ1) is 12.5. The third-order valence-electron chi connectivity index (χ3n) is 3.36. The van der Waals surface area contributed by atoms with Crippen molar-refractivity contribution >= 4 is 27.1 Å². The van der Waals surface area contributed by atoms with Gasteiger partial charge in [-0.3, -0.25) is 10.1 Å². The van der Waals surface area contributed by atoms with Crippen LogP contribution in [0.3, 0.4) is 0 Å². The molecule has 0 aliphatic carbocycles. The number of benzene rings is 2. The van der Waals surface area contributed by atoms with E-state index < -0.39 is 20.5 Å². The maximum Gasteiger partial charge on any atom is 0.294 e. The van der Waals surface area contributed by atoms with Crippen LogP contribution in [0.5, 0.6) is 5.75 Å². The van der Waals surface area contributed by atoms with Crippen LogP contribution in [-0.4, -0.2) is 25.5 Å². The summed E-state index contributed by atoms with van der Waals surface area (Å²) >= 11 is 0. The lowest BCUT2D eigenvalue weighted by molar-refractivity contribution is -0.384. The average Bonchev–Trinajstić information content (AvgIpc) is 2.54. The van der Waals surface area contributed by atoms with E-state index in [0.29, 0.717) is 18.0 Å². The van der Waals surface area contributed by atoms with Crippen LogP contribution in [0.15, 0.2) is 47.4 Å². The van der Waals surface area contributed by atoms with Crippen molar-refractivity contribution in [1.29, 1.82) is 0 Å². The van der Waals surface area contributed by atoms with Gasteiger partial charge in [0.1, 0.15) is 11.4 Å². The van der Waals surface area contributed by atoms with Gasteiger partial charge in [-0.05, 0) is 64.1 Å². The van der Waals surface area contributed by atoms with Crippen molar-refractivity contribution in [2.75, 3.05) is 11.9 Å². The third kappa shape index (κ3) is 5.66. The molecule has 2 rings (SSSR count). The van der Waals surface area contributed by atoms with Crippen molar-refractivity contribution in [1.82, 2.24) is 4.72 Å². The van der Waals surface area contributed by atoms with Crippen molar-refractivity contribution in [3.8, 4) is 5.75 Å². The summed E-state index contributed by atoms with van der Waals surface area (Å²) in [4.78, 5) is 10.7. The van der Waals surface area contributed by atoms with E-state index in [2.05, 4.69) is 10.0 Å². The Morgan fingerprint density at radius 1 is 1.11 bits per heavy atom. The summed E-state index contributed by atoms with van der Waals surface area (Å²) in [6.07, 6.45) is 0. The van der Waals surface area contributed by atoms with E-state index in [9.17, 15) is 18.5 Å². The summed E-state index contributed by atoms with van der Waals surface area (Å²) in [6, 6.07) is 10.7. The average molecular weight is 393 g/mol. The van der Waals surface area contributed by atoms with Gasteiger partial charge in [-0.15, -0.1) is 0 Å². The van der Waals surface area contributed by atoms with Crippen LogP contribution < -0.4 is 14.8 Å². The molecule has 0 amide bonds. The molecule has 0 atom stereocenters. The zero-order valence-corrected chi connectivity index (χ0v) is 16.5. The molecule has 0 saturated carbocycles. The summed E-state index contributed by atoms with van der Waals surface area (Å²) in [7, 11) is -3.87. The molecule has 0 radical (unpaired) electrons. The van der Waals surface area contributed by atoms with Crippen molar-refractivity contribution in [2.45, 2.75) is 38.1 Å². The number of anilines is 2. The van der Waals surface area contributed by atoms with Crippen molar-refractivity contribution in [2.24, 2.45) is 0 Å². The highest BCUT2D eigenvalue weighted by atomic mass is 32.2. The van der Waals surface area contributed by atoms with Gasteiger partial charge in [0.05, 0.1) is 16.4 Å². The van der Waals surface area contributed by atoms with Gasteiger partial charge in [-0.2, -0.15) is 0 Å². The first-order valence-electron chi connectivity index (χ1n) is 8.34. The summed E-state index contributed by atoms with van der Waals surface area (Å²) in [5.41, 5.74) is -0.225. The number of nitrogens with zero attached hydrogens (tertiary/aromatic N) is 1. The fraction of sp³-hybridized carbons (Fsp3) is 0.333. The molecule has 0 saturated heterocycles. The number of nitrogens with one attached hydrogen (secondary N) is 2. The lowest BCUT2D eigenvalue weighted by atomic mass is 10.1. The van der Waals surface area contributed by atoms with Crippen molar-refractivity contribution in [3.63, 3.8) is 0 Å². The zero-order chi connectivity index (χ0) is 20.2. The predicted molar refractivity (Wildman–Crippen MR) is 104 cm³/mol. The van der Waals surface area contributed by atoms with E-state index in [-0.39, 0.29) is 16.3 Å². The second-order valence-corrected chi connectivity index (χ2v) is 8.56. The molecule has 146 valence electrons. The van der Waals surface area contributed by atoms with Crippen LogP contribution in [0.25, 0.3) is 0 Å². The van der Waals surface area contributed by atoms with Crippen LogP contribution in [0.4, 0.5) is 17.1 Å². The first kappa shape index (κ1) is 20.7. The Morgan fingerprint density at radius 3 is 2.26 bits per heavy atom. The number of sulfonamides is 1. The monoisotopic (exact) mass is 393 g/mol. The smallest absolute Gasteiger partial charge is 0.294 e. The minimum absolute atomic E-state index is 0.165. The zero-order valence-electron chi connectivity index (χ0n) is 15.6. The van der Waals surface area contributed by atoms with E-state index in [1.54, 1.807) is 45.0 Å². The summed E-state index contributed by atoms with van der Waals surface area (Å²) in [6.45, 7) is 7.50. The number of hydrogen-bond donors (Lipinski definition) is 2. The Hall–Kier alpha value is -2.65. The molecule has 2 aromatic rings. The Bertz CT molecular complexity index is 919. The van der Waals surface area contributed by atoms with E-state index in [4.69, 9.17) is 4.74 Å². The van der Waals surface area contributed by atoms with Gasteiger partial charge in [0, 0.05) is 17.3 Å². The molecule has 0 fully saturated rings. The minimum Gasteiger partial charge on any atom is -0.494 e. The van der Waals surface area contributed by atoms with Gasteiger partial charge in [0.2, 0.25) is 10.0 Å². The third-order valence-corrected chi connectivity index (χ3v) is 5.12. The normalized spacial score (nSPS) is 11.9. The lowest BCUT2D eigenvalue weighted by Gasteiger charge is -2.20. The molecule has 2 aromatic carbocycles. The van der Waals surface area contributed by atoms with Crippen LogP contribution in [0.2, 0.25) is 0 Å². The van der Waals surface area contributed by atoms with Crippen LogP contribution in [0.1, 0.15) is 27.7 Å². The molecular weight excluding hydrogens is 370 g/mol. The lowest BCUT2D eigenvalue weighted by Crippen LogP contribution is -2.40. The van der Waals surface area contributed by atoms with Gasteiger partial charge in [-0.1, -0.05) is 0 Å². The largest absolute Gasteiger partial charge is 0.494 e. The van der Waals surface area contributed by atoms with Gasteiger partial charge in [0.25, 0.3) is 5.69 Å². The summed E-state index contributed by atoms with van der Waals surface area (Å²) < 4.78 is 32.7. The van der Waals surface area contributed by atoms with Crippen molar-refractivity contribution in [3.05, 3.63) is 52.6 Å². The van der Waals surface area contributed by atoms with Crippen LogP contribution >= 0.6 is 0 Å². The molecule has 9 heteroatoms. The van der Waals surface area contributed by atoms with E-state index >= 15 is 0 Å². The molecule has 0 spiro atoms. The molecule has 0 bridgehead atoms. The SMILES string of the molecule is CCOc1ccc(Nc2ccc(S(=O)(=O)NC(C)(C)C)cc2[N+](=O)[O-])cc1. The topological polar surface area (TPSA) is 111 Å². The van der Waals surface area contributed by atoms with Crippen LogP contribution in [-0.2, 0) is 10.0 Å². The maximum atomic E-state index is 12.4. The van der Waals surface area contributed by atoms with Crippen LogP contribution in [0, 0.1) is 10.1 Å². The highest BCUT2D eigenvalue weighted by molar-refractivity contribution is 7.89. The van der Waals surface area contributed by atoms with Gasteiger partial charge < -0.3 is 10.1 Å². The first-order valence-corrected chi connectivity index (χ1v) is 9.82. The quantitative estimate of drug-likeness (QED) is 0.547. The second-order valence-electron chi connectivity index (χ2n) is 6.87. The number of rotatable bonds is 7. The fourth-order valence-electron chi connectivity index (χ4n) is 2.35. The maximum absolute atomic E-state index is 12.4. The molecule has 0 unspecified atom stereocenters.